The Kier molecular flexibility index (Phi) is 4.70. The molecule has 0 atom stereocenters. The molecule has 1 aromatic heterocycles. The Morgan fingerprint density at radius 3 is 2.62 bits per heavy atom. The van der Waals surface area contributed by atoms with E-state index in [1.165, 1.54) is 19.2 Å². The number of pyridine rings is 1. The molecule has 1 aromatic carbocycles. The first-order valence-electron chi connectivity index (χ1n) is 5.52. The van der Waals surface area contributed by atoms with Crippen molar-refractivity contribution < 1.29 is 17.5 Å². The number of nitrogens with zero attached hydrogens (tertiary/aromatic N) is 1. The van der Waals surface area contributed by atoms with Crippen molar-refractivity contribution in [2.75, 3.05) is 11.8 Å². The van der Waals surface area contributed by atoms with Crippen LogP contribution in [0.25, 0.3) is 0 Å². The van der Waals surface area contributed by atoms with Gasteiger partial charge in [0.2, 0.25) is 5.88 Å². The van der Waals surface area contributed by atoms with Crippen LogP contribution in [-0.2, 0) is 10.0 Å². The molecular weight excluding hydrogens is 387 g/mol. The SMILES string of the molecule is COc1ccc(NS(=O)(=O)c2ccc(F)c(Cl)c2)c(Br)n1. The maximum Gasteiger partial charge on any atom is 0.262 e. The zero-order valence-electron chi connectivity index (χ0n) is 10.6. The number of benzene rings is 1. The van der Waals surface area contributed by atoms with Crippen molar-refractivity contribution in [3.8, 4) is 5.88 Å². The lowest BCUT2D eigenvalue weighted by Crippen LogP contribution is -2.13. The zero-order valence-corrected chi connectivity index (χ0v) is 13.8. The molecule has 0 saturated carbocycles. The molecule has 1 N–H and O–H groups in total. The highest BCUT2D eigenvalue weighted by atomic mass is 79.9. The summed E-state index contributed by atoms with van der Waals surface area (Å²) in [5, 5.41) is -0.273. The maximum atomic E-state index is 13.1. The number of aromatic nitrogens is 1. The summed E-state index contributed by atoms with van der Waals surface area (Å²) in [4.78, 5) is 3.83. The van der Waals surface area contributed by atoms with Gasteiger partial charge in [-0.3, -0.25) is 4.72 Å². The number of hydrogen-bond acceptors (Lipinski definition) is 4. The van der Waals surface area contributed by atoms with Crippen LogP contribution < -0.4 is 9.46 Å². The van der Waals surface area contributed by atoms with Crippen molar-refractivity contribution in [2.24, 2.45) is 0 Å². The monoisotopic (exact) mass is 394 g/mol. The second kappa shape index (κ2) is 6.17. The second-order valence-electron chi connectivity index (χ2n) is 3.87. The van der Waals surface area contributed by atoms with Crippen LogP contribution >= 0.6 is 27.5 Å². The summed E-state index contributed by atoms with van der Waals surface area (Å²) in [5.74, 6) is -0.363. The van der Waals surface area contributed by atoms with E-state index in [0.29, 0.717) is 5.88 Å². The molecule has 0 aliphatic heterocycles. The lowest BCUT2D eigenvalue weighted by Gasteiger charge is -2.10. The van der Waals surface area contributed by atoms with Crippen molar-refractivity contribution in [3.05, 3.63) is 45.8 Å². The maximum absolute atomic E-state index is 13.1. The predicted molar refractivity (Wildman–Crippen MR) is 80.7 cm³/mol. The summed E-state index contributed by atoms with van der Waals surface area (Å²) in [6.45, 7) is 0. The van der Waals surface area contributed by atoms with E-state index in [9.17, 15) is 12.8 Å². The van der Waals surface area contributed by atoms with Gasteiger partial charge in [0.1, 0.15) is 10.4 Å². The van der Waals surface area contributed by atoms with E-state index in [1.807, 2.05) is 0 Å². The fourth-order valence-electron chi connectivity index (χ4n) is 1.46. The van der Waals surface area contributed by atoms with Gasteiger partial charge in [0, 0.05) is 6.07 Å². The fraction of sp³-hybridized carbons (Fsp3) is 0.0833. The van der Waals surface area contributed by atoms with Crippen LogP contribution in [-0.4, -0.2) is 20.5 Å². The van der Waals surface area contributed by atoms with E-state index in [-0.39, 0.29) is 20.2 Å². The van der Waals surface area contributed by atoms with Gasteiger partial charge in [0.25, 0.3) is 10.0 Å². The van der Waals surface area contributed by atoms with Gasteiger partial charge in [-0.15, -0.1) is 0 Å². The van der Waals surface area contributed by atoms with Gasteiger partial charge in [-0.1, -0.05) is 11.6 Å². The van der Waals surface area contributed by atoms with E-state index >= 15 is 0 Å². The first-order valence-corrected chi connectivity index (χ1v) is 8.17. The smallest absolute Gasteiger partial charge is 0.262 e. The third-order valence-electron chi connectivity index (χ3n) is 2.48. The topological polar surface area (TPSA) is 68.3 Å². The number of nitrogens with one attached hydrogen (secondary N) is 1. The van der Waals surface area contributed by atoms with Crippen molar-refractivity contribution >= 4 is 43.2 Å². The molecule has 21 heavy (non-hydrogen) atoms. The van der Waals surface area contributed by atoms with E-state index < -0.39 is 15.8 Å². The molecule has 0 amide bonds. The number of methoxy groups -OCH3 is 1. The summed E-state index contributed by atoms with van der Waals surface area (Å²) in [5.41, 5.74) is 0.219. The zero-order chi connectivity index (χ0) is 15.6. The number of rotatable bonds is 4. The lowest BCUT2D eigenvalue weighted by atomic mass is 10.3. The van der Waals surface area contributed by atoms with Gasteiger partial charge in [0.05, 0.1) is 22.7 Å². The summed E-state index contributed by atoms with van der Waals surface area (Å²) in [6, 6.07) is 6.12. The predicted octanol–water partition coefficient (Wildman–Crippen LogP) is 3.45. The van der Waals surface area contributed by atoms with E-state index in [0.717, 1.165) is 18.2 Å². The van der Waals surface area contributed by atoms with E-state index in [1.54, 1.807) is 0 Å². The van der Waals surface area contributed by atoms with Crippen molar-refractivity contribution in [3.63, 3.8) is 0 Å². The Hall–Kier alpha value is -1.38. The van der Waals surface area contributed by atoms with Crippen molar-refractivity contribution in [2.45, 2.75) is 4.90 Å². The number of halogens is 3. The van der Waals surface area contributed by atoms with Crippen LogP contribution in [0.2, 0.25) is 5.02 Å². The largest absolute Gasteiger partial charge is 0.481 e. The minimum Gasteiger partial charge on any atom is -0.481 e. The molecule has 0 aliphatic carbocycles. The molecule has 0 fully saturated rings. The lowest BCUT2D eigenvalue weighted by molar-refractivity contribution is 0.397. The Balaban J connectivity index is 2.35. The minimum absolute atomic E-state index is 0.156. The van der Waals surface area contributed by atoms with Gasteiger partial charge in [-0.25, -0.2) is 17.8 Å². The van der Waals surface area contributed by atoms with Crippen LogP contribution in [0, 0.1) is 5.82 Å². The fourth-order valence-corrected chi connectivity index (χ4v) is 3.33. The molecule has 0 bridgehead atoms. The number of hydrogen-bond donors (Lipinski definition) is 1. The summed E-state index contributed by atoms with van der Waals surface area (Å²) in [7, 11) is -2.46. The van der Waals surface area contributed by atoms with Crippen LogP contribution in [0.1, 0.15) is 0 Å². The molecule has 0 spiro atoms. The highest BCUT2D eigenvalue weighted by molar-refractivity contribution is 9.10. The Morgan fingerprint density at radius 1 is 1.33 bits per heavy atom. The Morgan fingerprint density at radius 2 is 2.05 bits per heavy atom. The quantitative estimate of drug-likeness (QED) is 0.805. The van der Waals surface area contributed by atoms with E-state index in [4.69, 9.17) is 16.3 Å². The average molecular weight is 396 g/mol. The number of ether oxygens (including phenoxy) is 1. The first kappa shape index (κ1) is 16.0. The van der Waals surface area contributed by atoms with Crippen LogP contribution in [0.3, 0.4) is 0 Å². The molecule has 0 aliphatic rings. The third kappa shape index (κ3) is 3.63. The molecule has 9 heteroatoms. The molecule has 2 rings (SSSR count). The van der Waals surface area contributed by atoms with Crippen LogP contribution in [0.4, 0.5) is 10.1 Å². The minimum atomic E-state index is -3.91. The van der Waals surface area contributed by atoms with Gasteiger partial charge in [-0.2, -0.15) is 0 Å². The summed E-state index contributed by atoms with van der Waals surface area (Å²) < 4.78 is 45.0. The second-order valence-corrected chi connectivity index (χ2v) is 6.71. The molecule has 1 heterocycles. The van der Waals surface area contributed by atoms with E-state index in [2.05, 4.69) is 25.6 Å². The highest BCUT2D eigenvalue weighted by Crippen LogP contribution is 2.27. The molecule has 0 radical (unpaired) electrons. The Labute approximate surface area is 134 Å². The van der Waals surface area contributed by atoms with Crippen LogP contribution in [0.15, 0.2) is 39.8 Å². The Bertz CT molecular complexity index is 786. The van der Waals surface area contributed by atoms with Gasteiger partial charge >= 0.3 is 0 Å². The third-order valence-corrected chi connectivity index (χ3v) is 4.74. The number of anilines is 1. The number of sulfonamides is 1. The molecular formula is C12H9BrClFN2O3S. The van der Waals surface area contributed by atoms with Gasteiger partial charge in [0.15, 0.2) is 0 Å². The normalized spacial score (nSPS) is 11.2. The standard InChI is InChI=1S/C12H9BrClFN2O3S/c1-20-11-5-4-10(12(13)16-11)17-21(18,19)7-2-3-9(15)8(14)6-7/h2-6,17H,1H3. The van der Waals surface area contributed by atoms with Gasteiger partial charge < -0.3 is 4.74 Å². The molecule has 0 saturated heterocycles. The molecule has 112 valence electrons. The van der Waals surface area contributed by atoms with Crippen molar-refractivity contribution in [1.82, 2.24) is 4.98 Å². The van der Waals surface area contributed by atoms with Gasteiger partial charge in [-0.05, 0) is 40.2 Å². The highest BCUT2D eigenvalue weighted by Gasteiger charge is 2.18. The molecule has 2 aromatic rings. The summed E-state index contributed by atoms with van der Waals surface area (Å²) in [6.07, 6.45) is 0. The average Bonchev–Trinajstić information content (AvgIpc) is 2.43. The first-order chi connectivity index (χ1) is 9.83. The van der Waals surface area contributed by atoms with Crippen molar-refractivity contribution in [1.29, 1.82) is 0 Å². The molecule has 5 nitrogen and oxygen atoms in total. The van der Waals surface area contributed by atoms with Crippen LogP contribution in [0.5, 0.6) is 5.88 Å². The summed E-state index contributed by atoms with van der Waals surface area (Å²) >= 11 is 8.72. The molecule has 0 unspecified atom stereocenters.